The van der Waals surface area contributed by atoms with E-state index in [-0.39, 0.29) is 12.7 Å². The van der Waals surface area contributed by atoms with Crippen LogP contribution in [0.4, 0.5) is 5.69 Å². The quantitative estimate of drug-likeness (QED) is 0.508. The Morgan fingerprint density at radius 2 is 2.00 bits per heavy atom. The van der Waals surface area contributed by atoms with Crippen molar-refractivity contribution in [2.24, 2.45) is 0 Å². The van der Waals surface area contributed by atoms with Gasteiger partial charge in [-0.2, -0.15) is 0 Å². The molecule has 0 atom stereocenters. The Labute approximate surface area is 173 Å². The molecule has 0 aliphatic carbocycles. The summed E-state index contributed by atoms with van der Waals surface area (Å²) in [6.45, 7) is 2.19. The standard InChI is InChI=1S/C24H19N3O3/c1-16-5-8-18(20-14-27-11-3-2-4-23(27)25-20)13-19(16)26-24(28)10-7-17-6-9-21-22(12-17)30-15-29-21/h2-14H,15H2,1H3,(H,26,28)/b10-7+. The van der Waals surface area contributed by atoms with E-state index in [4.69, 9.17) is 9.47 Å². The molecule has 3 heterocycles. The van der Waals surface area contributed by atoms with E-state index in [1.54, 1.807) is 6.08 Å². The van der Waals surface area contributed by atoms with Gasteiger partial charge in [-0.25, -0.2) is 4.98 Å². The van der Waals surface area contributed by atoms with Crippen LogP contribution in [-0.4, -0.2) is 22.1 Å². The number of nitrogens with one attached hydrogen (secondary N) is 1. The van der Waals surface area contributed by atoms with Crippen LogP contribution in [0, 0.1) is 6.92 Å². The second kappa shape index (κ2) is 7.40. The van der Waals surface area contributed by atoms with E-state index in [1.807, 2.05) is 78.3 Å². The zero-order valence-electron chi connectivity index (χ0n) is 16.3. The first-order chi connectivity index (χ1) is 14.7. The minimum Gasteiger partial charge on any atom is -0.454 e. The van der Waals surface area contributed by atoms with Crippen molar-refractivity contribution in [3.63, 3.8) is 0 Å². The number of hydrogen-bond acceptors (Lipinski definition) is 4. The van der Waals surface area contributed by atoms with Gasteiger partial charge in [-0.05, 0) is 54.5 Å². The van der Waals surface area contributed by atoms with Crippen LogP contribution in [0.1, 0.15) is 11.1 Å². The summed E-state index contributed by atoms with van der Waals surface area (Å²) in [7, 11) is 0. The molecule has 148 valence electrons. The fourth-order valence-electron chi connectivity index (χ4n) is 3.35. The maximum atomic E-state index is 12.5. The molecule has 2 aromatic heterocycles. The van der Waals surface area contributed by atoms with Gasteiger partial charge in [0, 0.05) is 29.7 Å². The lowest BCUT2D eigenvalue weighted by atomic mass is 10.1. The number of ether oxygens (including phenoxy) is 2. The summed E-state index contributed by atoms with van der Waals surface area (Å²) in [6.07, 6.45) is 7.20. The first kappa shape index (κ1) is 18.0. The molecule has 2 aromatic carbocycles. The number of aromatic nitrogens is 2. The van der Waals surface area contributed by atoms with Gasteiger partial charge in [-0.15, -0.1) is 0 Å². The Morgan fingerprint density at radius 1 is 1.10 bits per heavy atom. The molecule has 0 radical (unpaired) electrons. The molecule has 30 heavy (non-hydrogen) atoms. The number of rotatable bonds is 4. The molecule has 1 N–H and O–H groups in total. The first-order valence-corrected chi connectivity index (χ1v) is 9.59. The van der Waals surface area contributed by atoms with Crippen LogP contribution in [0.15, 0.2) is 73.1 Å². The van der Waals surface area contributed by atoms with Gasteiger partial charge >= 0.3 is 0 Å². The summed E-state index contributed by atoms with van der Waals surface area (Å²) in [6, 6.07) is 17.4. The summed E-state index contributed by atoms with van der Waals surface area (Å²) in [5.41, 5.74) is 5.28. The Hall–Kier alpha value is -4.06. The Balaban J connectivity index is 1.35. The number of hydrogen-bond donors (Lipinski definition) is 1. The molecule has 0 unspecified atom stereocenters. The minimum absolute atomic E-state index is 0.206. The summed E-state index contributed by atoms with van der Waals surface area (Å²) < 4.78 is 12.6. The number of pyridine rings is 1. The lowest BCUT2D eigenvalue weighted by Crippen LogP contribution is -2.09. The maximum absolute atomic E-state index is 12.5. The molecule has 1 amide bonds. The second-order valence-electron chi connectivity index (χ2n) is 7.06. The van der Waals surface area contributed by atoms with E-state index >= 15 is 0 Å². The van der Waals surface area contributed by atoms with Gasteiger partial charge in [0.25, 0.3) is 0 Å². The predicted molar refractivity (Wildman–Crippen MR) is 116 cm³/mol. The van der Waals surface area contributed by atoms with Crippen LogP contribution in [0.25, 0.3) is 23.0 Å². The molecule has 1 aliphatic heterocycles. The zero-order valence-corrected chi connectivity index (χ0v) is 16.3. The Morgan fingerprint density at radius 3 is 2.90 bits per heavy atom. The smallest absolute Gasteiger partial charge is 0.248 e. The number of fused-ring (bicyclic) bond motifs is 2. The topological polar surface area (TPSA) is 64.9 Å². The molecule has 0 fully saturated rings. The third-order valence-electron chi connectivity index (χ3n) is 4.98. The molecular weight excluding hydrogens is 378 g/mol. The molecule has 5 rings (SSSR count). The largest absolute Gasteiger partial charge is 0.454 e. The fourth-order valence-corrected chi connectivity index (χ4v) is 3.35. The van der Waals surface area contributed by atoms with E-state index in [0.717, 1.165) is 39.5 Å². The highest BCUT2D eigenvalue weighted by atomic mass is 16.7. The van der Waals surface area contributed by atoms with E-state index in [2.05, 4.69) is 10.3 Å². The lowest BCUT2D eigenvalue weighted by Gasteiger charge is -2.08. The van der Waals surface area contributed by atoms with Gasteiger partial charge < -0.3 is 19.2 Å². The number of anilines is 1. The van der Waals surface area contributed by atoms with Gasteiger partial charge in [0.15, 0.2) is 11.5 Å². The number of nitrogens with zero attached hydrogens (tertiary/aromatic N) is 2. The van der Waals surface area contributed by atoms with Gasteiger partial charge in [-0.3, -0.25) is 4.79 Å². The molecule has 0 saturated heterocycles. The molecule has 4 aromatic rings. The van der Waals surface area contributed by atoms with Crippen molar-refractivity contribution in [2.45, 2.75) is 6.92 Å². The zero-order chi connectivity index (χ0) is 20.5. The number of carbonyl (C=O) groups excluding carboxylic acids is 1. The summed E-state index contributed by atoms with van der Waals surface area (Å²) in [5.74, 6) is 1.20. The van der Waals surface area contributed by atoms with Gasteiger partial charge in [0.1, 0.15) is 5.65 Å². The van der Waals surface area contributed by atoms with E-state index < -0.39 is 0 Å². The van der Waals surface area contributed by atoms with Gasteiger partial charge in [-0.1, -0.05) is 24.3 Å². The van der Waals surface area contributed by atoms with Crippen LogP contribution in [0.2, 0.25) is 0 Å². The van der Waals surface area contributed by atoms with Crippen molar-refractivity contribution >= 4 is 23.3 Å². The molecule has 6 heteroatoms. The van der Waals surface area contributed by atoms with Crippen LogP contribution in [0.5, 0.6) is 11.5 Å². The van der Waals surface area contributed by atoms with Crippen molar-refractivity contribution in [1.29, 1.82) is 0 Å². The lowest BCUT2D eigenvalue weighted by molar-refractivity contribution is -0.111. The second-order valence-corrected chi connectivity index (χ2v) is 7.06. The van der Waals surface area contributed by atoms with Gasteiger partial charge in [0.2, 0.25) is 12.7 Å². The monoisotopic (exact) mass is 397 g/mol. The number of carbonyl (C=O) groups is 1. The Bertz CT molecular complexity index is 1260. The third kappa shape index (κ3) is 3.51. The Kier molecular flexibility index (Phi) is 4.44. The molecule has 6 nitrogen and oxygen atoms in total. The van der Waals surface area contributed by atoms with Crippen molar-refractivity contribution in [2.75, 3.05) is 12.1 Å². The van der Waals surface area contributed by atoms with Crippen molar-refractivity contribution in [3.8, 4) is 22.8 Å². The molecule has 1 aliphatic rings. The predicted octanol–water partition coefficient (Wildman–Crippen LogP) is 4.69. The maximum Gasteiger partial charge on any atom is 0.248 e. The highest BCUT2D eigenvalue weighted by molar-refractivity contribution is 6.02. The number of imidazole rings is 1. The first-order valence-electron chi connectivity index (χ1n) is 9.59. The number of aryl methyl sites for hydroxylation is 1. The van der Waals surface area contributed by atoms with Crippen molar-refractivity contribution in [3.05, 3.63) is 84.2 Å². The molecule has 0 bridgehead atoms. The van der Waals surface area contributed by atoms with Crippen LogP contribution in [-0.2, 0) is 4.79 Å². The van der Waals surface area contributed by atoms with E-state index in [0.29, 0.717) is 5.75 Å². The fraction of sp³-hybridized carbons (Fsp3) is 0.0833. The average Bonchev–Trinajstić information content (AvgIpc) is 3.40. The highest BCUT2D eigenvalue weighted by Crippen LogP contribution is 2.32. The molecule has 0 saturated carbocycles. The van der Waals surface area contributed by atoms with Gasteiger partial charge in [0.05, 0.1) is 5.69 Å². The van der Waals surface area contributed by atoms with Crippen LogP contribution < -0.4 is 14.8 Å². The summed E-state index contributed by atoms with van der Waals surface area (Å²) in [5, 5.41) is 2.96. The summed E-state index contributed by atoms with van der Waals surface area (Å²) >= 11 is 0. The minimum atomic E-state index is -0.206. The molecule has 0 spiro atoms. The van der Waals surface area contributed by atoms with E-state index in [9.17, 15) is 4.79 Å². The van der Waals surface area contributed by atoms with Crippen LogP contribution in [0.3, 0.4) is 0 Å². The highest BCUT2D eigenvalue weighted by Gasteiger charge is 2.12. The number of benzene rings is 2. The normalized spacial score (nSPS) is 12.6. The SMILES string of the molecule is Cc1ccc(-c2cn3ccccc3n2)cc1NC(=O)/C=C/c1ccc2c(c1)OCO2. The third-order valence-corrected chi connectivity index (χ3v) is 4.98. The average molecular weight is 397 g/mol. The number of amides is 1. The van der Waals surface area contributed by atoms with E-state index in [1.165, 1.54) is 6.08 Å². The van der Waals surface area contributed by atoms with Crippen molar-refractivity contribution < 1.29 is 14.3 Å². The van der Waals surface area contributed by atoms with Crippen LogP contribution >= 0.6 is 0 Å². The summed E-state index contributed by atoms with van der Waals surface area (Å²) in [4.78, 5) is 17.1. The molecular formula is C24H19N3O3. The van der Waals surface area contributed by atoms with Crippen molar-refractivity contribution in [1.82, 2.24) is 9.38 Å².